The van der Waals surface area contributed by atoms with Crippen LogP contribution in [-0.2, 0) is 16.1 Å². The van der Waals surface area contributed by atoms with Gasteiger partial charge in [-0.2, -0.15) is 15.1 Å². The van der Waals surface area contributed by atoms with E-state index >= 15 is 0 Å². The Kier molecular flexibility index (Phi) is 8.29. The second kappa shape index (κ2) is 12.2. The first kappa shape index (κ1) is 25.2. The van der Waals surface area contributed by atoms with Crippen LogP contribution in [0.4, 0.5) is 22.0 Å². The first-order valence-corrected chi connectivity index (χ1v) is 12.5. The van der Waals surface area contributed by atoms with Crippen molar-refractivity contribution in [3.8, 4) is 5.75 Å². The van der Waals surface area contributed by atoms with Gasteiger partial charge in [0.05, 0.1) is 32.6 Å². The van der Waals surface area contributed by atoms with Gasteiger partial charge in [0.1, 0.15) is 24.0 Å². The Morgan fingerprint density at radius 3 is 2.46 bits per heavy atom. The van der Waals surface area contributed by atoms with Crippen molar-refractivity contribution in [1.82, 2.24) is 9.97 Å². The number of morpholine rings is 2. The minimum atomic E-state index is -0.316. The standard InChI is InChI=1S/C26H28ClFN6O3/c27-21-5-6-23(37-18-19-3-1-2-4-22(19)28)20(15-21)17-29-32-24-16-25(33-7-11-35-12-8-33)31-26(30-24)34-9-13-36-14-10-34/h1-6,15-17H,7-14,18H2,(H,30,31,32). The maximum absolute atomic E-state index is 14.0. The molecule has 5 rings (SSSR count). The first-order chi connectivity index (χ1) is 18.2. The lowest BCUT2D eigenvalue weighted by Crippen LogP contribution is -2.39. The zero-order valence-electron chi connectivity index (χ0n) is 20.3. The third-order valence-corrected chi connectivity index (χ3v) is 6.26. The second-order valence-electron chi connectivity index (χ2n) is 8.54. The van der Waals surface area contributed by atoms with Gasteiger partial charge >= 0.3 is 0 Å². The summed E-state index contributed by atoms with van der Waals surface area (Å²) in [4.78, 5) is 13.8. The molecule has 0 amide bonds. The molecule has 2 aromatic carbocycles. The van der Waals surface area contributed by atoms with Crippen LogP contribution in [0.3, 0.4) is 0 Å². The third kappa shape index (κ3) is 6.65. The SMILES string of the molecule is Fc1ccccc1COc1ccc(Cl)cc1C=NNc1cc(N2CCOCC2)nc(N2CCOCC2)n1. The number of benzene rings is 2. The molecule has 0 bridgehead atoms. The van der Waals surface area contributed by atoms with Crippen LogP contribution in [0.1, 0.15) is 11.1 Å². The zero-order valence-corrected chi connectivity index (χ0v) is 21.0. The molecule has 3 heterocycles. The highest BCUT2D eigenvalue weighted by atomic mass is 35.5. The van der Waals surface area contributed by atoms with Crippen molar-refractivity contribution in [2.75, 3.05) is 67.8 Å². The van der Waals surface area contributed by atoms with E-state index in [9.17, 15) is 4.39 Å². The highest BCUT2D eigenvalue weighted by Gasteiger charge is 2.19. The maximum atomic E-state index is 14.0. The van der Waals surface area contributed by atoms with Crippen molar-refractivity contribution in [2.24, 2.45) is 5.10 Å². The summed E-state index contributed by atoms with van der Waals surface area (Å²) in [5.41, 5.74) is 4.13. The molecule has 2 aliphatic rings. The van der Waals surface area contributed by atoms with Gasteiger partial charge in [-0.05, 0) is 24.3 Å². The van der Waals surface area contributed by atoms with Crippen molar-refractivity contribution < 1.29 is 18.6 Å². The average Bonchev–Trinajstić information content (AvgIpc) is 2.94. The zero-order chi connectivity index (χ0) is 25.5. The summed E-state index contributed by atoms with van der Waals surface area (Å²) < 4.78 is 30.9. The number of hydrogen-bond donors (Lipinski definition) is 1. The van der Waals surface area contributed by atoms with E-state index in [-0.39, 0.29) is 12.4 Å². The van der Waals surface area contributed by atoms with Gasteiger partial charge in [-0.1, -0.05) is 29.8 Å². The summed E-state index contributed by atoms with van der Waals surface area (Å²) in [6, 6.07) is 13.6. The van der Waals surface area contributed by atoms with Crippen LogP contribution in [0, 0.1) is 5.82 Å². The smallest absolute Gasteiger partial charge is 0.229 e. The summed E-state index contributed by atoms with van der Waals surface area (Å²) in [5.74, 6) is 2.22. The van der Waals surface area contributed by atoms with Crippen LogP contribution in [-0.4, -0.2) is 68.8 Å². The molecule has 37 heavy (non-hydrogen) atoms. The molecular weight excluding hydrogens is 499 g/mol. The molecule has 2 fully saturated rings. The number of aromatic nitrogens is 2. The number of hydrogen-bond acceptors (Lipinski definition) is 9. The normalized spacial score (nSPS) is 16.3. The van der Waals surface area contributed by atoms with E-state index in [0.29, 0.717) is 60.1 Å². The van der Waals surface area contributed by atoms with Crippen LogP contribution in [0.25, 0.3) is 0 Å². The van der Waals surface area contributed by atoms with E-state index in [1.807, 2.05) is 6.07 Å². The predicted molar refractivity (Wildman–Crippen MR) is 141 cm³/mol. The molecule has 2 aliphatic heterocycles. The van der Waals surface area contributed by atoms with Gasteiger partial charge in [0.15, 0.2) is 5.82 Å². The van der Waals surface area contributed by atoms with Gasteiger partial charge < -0.3 is 24.0 Å². The van der Waals surface area contributed by atoms with Gasteiger partial charge in [-0.3, -0.25) is 5.43 Å². The largest absolute Gasteiger partial charge is 0.488 e. The Morgan fingerprint density at radius 1 is 0.973 bits per heavy atom. The van der Waals surface area contributed by atoms with Crippen molar-refractivity contribution in [1.29, 1.82) is 0 Å². The van der Waals surface area contributed by atoms with Gasteiger partial charge in [-0.25, -0.2) is 4.39 Å². The molecule has 0 unspecified atom stereocenters. The average molecular weight is 527 g/mol. The Labute approximate surface area is 219 Å². The molecule has 0 aliphatic carbocycles. The summed E-state index contributed by atoms with van der Waals surface area (Å²) in [6.45, 7) is 5.62. The van der Waals surface area contributed by atoms with Crippen LogP contribution in [0.15, 0.2) is 53.6 Å². The second-order valence-corrected chi connectivity index (χ2v) is 8.98. The van der Waals surface area contributed by atoms with Crippen molar-refractivity contribution in [2.45, 2.75) is 6.61 Å². The van der Waals surface area contributed by atoms with Gasteiger partial charge in [0, 0.05) is 48.4 Å². The number of anilines is 3. The maximum Gasteiger partial charge on any atom is 0.229 e. The van der Waals surface area contributed by atoms with Crippen LogP contribution in [0.5, 0.6) is 5.75 Å². The lowest BCUT2D eigenvalue weighted by molar-refractivity contribution is 0.121. The Morgan fingerprint density at radius 2 is 1.70 bits per heavy atom. The molecule has 0 atom stereocenters. The van der Waals surface area contributed by atoms with Crippen molar-refractivity contribution in [3.05, 3.63) is 70.5 Å². The number of halogens is 2. The van der Waals surface area contributed by atoms with E-state index in [1.165, 1.54) is 6.07 Å². The summed E-state index contributed by atoms with van der Waals surface area (Å²) in [7, 11) is 0. The third-order valence-electron chi connectivity index (χ3n) is 6.03. The Balaban J connectivity index is 1.34. The molecule has 0 spiro atoms. The molecule has 0 radical (unpaired) electrons. The summed E-state index contributed by atoms with van der Waals surface area (Å²) >= 11 is 6.22. The molecule has 3 aromatic rings. The number of rotatable bonds is 8. The molecule has 0 saturated carbocycles. The predicted octanol–water partition coefficient (Wildman–Crippen LogP) is 3.97. The summed E-state index contributed by atoms with van der Waals surface area (Å²) in [6.07, 6.45) is 1.60. The van der Waals surface area contributed by atoms with Crippen molar-refractivity contribution in [3.63, 3.8) is 0 Å². The van der Waals surface area contributed by atoms with Gasteiger partial charge in [-0.15, -0.1) is 0 Å². The molecule has 11 heteroatoms. The number of nitrogens with one attached hydrogen (secondary N) is 1. The molecule has 9 nitrogen and oxygen atoms in total. The van der Waals surface area contributed by atoms with E-state index in [2.05, 4.69) is 25.3 Å². The molecule has 1 aromatic heterocycles. The van der Waals surface area contributed by atoms with Crippen LogP contribution >= 0.6 is 11.6 Å². The summed E-state index contributed by atoms with van der Waals surface area (Å²) in [5, 5.41) is 4.93. The van der Waals surface area contributed by atoms with E-state index < -0.39 is 0 Å². The van der Waals surface area contributed by atoms with Crippen molar-refractivity contribution >= 4 is 35.4 Å². The number of ether oxygens (including phenoxy) is 3. The first-order valence-electron chi connectivity index (χ1n) is 12.1. The monoisotopic (exact) mass is 526 g/mol. The van der Waals surface area contributed by atoms with Crippen LogP contribution in [0.2, 0.25) is 5.02 Å². The minimum Gasteiger partial charge on any atom is -0.488 e. The molecule has 1 N–H and O–H groups in total. The van der Waals surface area contributed by atoms with E-state index in [1.54, 1.807) is 42.6 Å². The molecule has 2 saturated heterocycles. The topological polar surface area (TPSA) is 84.3 Å². The quantitative estimate of drug-likeness (QED) is 0.349. The fourth-order valence-electron chi connectivity index (χ4n) is 4.03. The highest BCUT2D eigenvalue weighted by molar-refractivity contribution is 6.30. The number of nitrogens with zero attached hydrogens (tertiary/aromatic N) is 5. The Bertz CT molecular complexity index is 1200. The molecule has 194 valence electrons. The molecular formula is C26H28ClFN6O3. The highest BCUT2D eigenvalue weighted by Crippen LogP contribution is 2.24. The minimum absolute atomic E-state index is 0.0836. The lowest BCUT2D eigenvalue weighted by atomic mass is 10.2. The fourth-order valence-corrected chi connectivity index (χ4v) is 4.21. The van der Waals surface area contributed by atoms with E-state index in [4.69, 9.17) is 30.8 Å². The van der Waals surface area contributed by atoms with Crippen LogP contribution < -0.4 is 20.0 Å². The number of hydrazone groups is 1. The van der Waals surface area contributed by atoms with E-state index in [0.717, 1.165) is 32.0 Å². The lowest BCUT2D eigenvalue weighted by Gasteiger charge is -2.31. The van der Waals surface area contributed by atoms with Gasteiger partial charge in [0.25, 0.3) is 0 Å². The Hall–Kier alpha value is -3.47. The fraction of sp³-hybridized carbons (Fsp3) is 0.346. The van der Waals surface area contributed by atoms with Gasteiger partial charge in [0.2, 0.25) is 5.95 Å².